The lowest BCUT2D eigenvalue weighted by molar-refractivity contribution is 0.901. The van der Waals surface area contributed by atoms with E-state index in [-0.39, 0.29) is 0 Å². The maximum atomic E-state index is 6.00. The summed E-state index contributed by atoms with van der Waals surface area (Å²) in [6.07, 6.45) is 6.84. The second kappa shape index (κ2) is 4.20. The summed E-state index contributed by atoms with van der Waals surface area (Å²) in [6.45, 7) is 0. The second-order valence-electron chi connectivity index (χ2n) is 3.81. The van der Waals surface area contributed by atoms with Gasteiger partial charge in [-0.1, -0.05) is 29.4 Å². The van der Waals surface area contributed by atoms with Crippen LogP contribution in [0, 0.1) is 0 Å². The first-order valence-corrected chi connectivity index (χ1v) is 6.82. The van der Waals surface area contributed by atoms with Crippen LogP contribution in [0.25, 0.3) is 12.3 Å². The summed E-state index contributed by atoms with van der Waals surface area (Å²) in [5.41, 5.74) is 2.37. The molecule has 0 radical (unpaired) electrons. The highest BCUT2D eigenvalue weighted by molar-refractivity contribution is 7.98. The van der Waals surface area contributed by atoms with E-state index in [1.807, 2.05) is 35.2 Å². The zero-order valence-corrected chi connectivity index (χ0v) is 10.8. The Morgan fingerprint density at radius 2 is 2.24 bits per heavy atom. The van der Waals surface area contributed by atoms with Gasteiger partial charge in [-0.15, -0.1) is 10.2 Å². The molecule has 17 heavy (non-hydrogen) atoms. The fourth-order valence-corrected chi connectivity index (χ4v) is 2.59. The maximum Gasteiger partial charge on any atom is 0.195 e. The Morgan fingerprint density at radius 1 is 1.35 bits per heavy atom. The highest BCUT2D eigenvalue weighted by atomic mass is 35.5. The van der Waals surface area contributed by atoms with E-state index in [1.165, 1.54) is 5.56 Å². The van der Waals surface area contributed by atoms with Gasteiger partial charge in [0, 0.05) is 17.6 Å². The molecule has 0 fully saturated rings. The monoisotopic (exact) mass is 263 g/mol. The predicted molar refractivity (Wildman–Crippen MR) is 71.3 cm³/mol. The fraction of sp³-hybridized carbons (Fsp3) is 0.167. The van der Waals surface area contributed by atoms with Crippen LogP contribution in [0.4, 0.5) is 0 Å². The van der Waals surface area contributed by atoms with E-state index in [0.717, 1.165) is 28.0 Å². The predicted octanol–water partition coefficient (Wildman–Crippen LogP) is 3.19. The third kappa shape index (κ3) is 1.87. The number of hydrogen-bond donors (Lipinski definition) is 0. The minimum atomic E-state index is 0.760. The van der Waals surface area contributed by atoms with Gasteiger partial charge in [-0.2, -0.15) is 0 Å². The number of benzene rings is 1. The molecule has 1 aliphatic heterocycles. The largest absolute Gasteiger partial charge is 0.281 e. The van der Waals surface area contributed by atoms with Crippen molar-refractivity contribution in [2.24, 2.45) is 0 Å². The van der Waals surface area contributed by atoms with E-state index in [1.54, 1.807) is 11.8 Å². The van der Waals surface area contributed by atoms with Gasteiger partial charge < -0.3 is 0 Å². The van der Waals surface area contributed by atoms with Crippen LogP contribution in [-0.4, -0.2) is 21.0 Å². The van der Waals surface area contributed by atoms with Gasteiger partial charge in [0.15, 0.2) is 5.16 Å². The summed E-state index contributed by atoms with van der Waals surface area (Å²) >= 11 is 7.59. The molecule has 2 aromatic rings. The first-order chi connectivity index (χ1) is 8.28. The number of rotatable bonds is 1. The lowest BCUT2D eigenvalue weighted by Gasteiger charge is -2.02. The zero-order valence-electron chi connectivity index (χ0n) is 9.22. The van der Waals surface area contributed by atoms with E-state index in [0.29, 0.717) is 0 Å². The van der Waals surface area contributed by atoms with Crippen LogP contribution in [0.2, 0.25) is 5.02 Å². The first-order valence-electron chi connectivity index (χ1n) is 5.22. The first kappa shape index (κ1) is 10.9. The Hall–Kier alpha value is -1.26. The van der Waals surface area contributed by atoms with Crippen molar-refractivity contribution in [3.8, 4) is 0 Å². The highest BCUT2D eigenvalue weighted by Crippen LogP contribution is 2.25. The van der Waals surface area contributed by atoms with Gasteiger partial charge in [0.2, 0.25) is 0 Å². The number of aromatic nitrogens is 3. The molecule has 0 atom stereocenters. The average molecular weight is 264 g/mol. The Labute approximate surface area is 109 Å². The SMILES string of the molecule is CSc1nnc2n1C=Cc1cc(Cl)ccc1C2. The Morgan fingerprint density at radius 3 is 3.06 bits per heavy atom. The molecule has 0 saturated carbocycles. The van der Waals surface area contributed by atoms with Gasteiger partial charge in [0.05, 0.1) is 0 Å². The summed E-state index contributed by atoms with van der Waals surface area (Å²) in [5, 5.41) is 10.0. The third-order valence-electron chi connectivity index (χ3n) is 2.78. The van der Waals surface area contributed by atoms with Crippen LogP contribution >= 0.6 is 23.4 Å². The molecule has 5 heteroatoms. The number of thioether (sulfide) groups is 1. The van der Waals surface area contributed by atoms with E-state index < -0.39 is 0 Å². The highest BCUT2D eigenvalue weighted by Gasteiger charge is 2.14. The molecule has 0 amide bonds. The van der Waals surface area contributed by atoms with Crippen molar-refractivity contribution < 1.29 is 0 Å². The molecule has 3 nitrogen and oxygen atoms in total. The van der Waals surface area contributed by atoms with Crippen molar-refractivity contribution in [3.05, 3.63) is 40.2 Å². The summed E-state index contributed by atoms with van der Waals surface area (Å²) in [7, 11) is 0. The average Bonchev–Trinajstić information content (AvgIpc) is 2.63. The Bertz CT molecular complexity index is 604. The summed E-state index contributed by atoms with van der Waals surface area (Å²) < 4.78 is 2.03. The van der Waals surface area contributed by atoms with Gasteiger partial charge in [0.25, 0.3) is 0 Å². The molecule has 0 spiro atoms. The molecule has 2 heterocycles. The number of hydrogen-bond acceptors (Lipinski definition) is 3. The quantitative estimate of drug-likeness (QED) is 0.632. The lowest BCUT2D eigenvalue weighted by Crippen LogP contribution is -1.97. The molecular weight excluding hydrogens is 254 g/mol. The summed E-state index contributed by atoms with van der Waals surface area (Å²) in [6, 6.07) is 5.94. The van der Waals surface area contributed by atoms with E-state index >= 15 is 0 Å². The summed E-state index contributed by atoms with van der Waals surface area (Å²) in [5.74, 6) is 0.965. The molecule has 0 unspecified atom stereocenters. The molecule has 0 N–H and O–H groups in total. The number of fused-ring (bicyclic) bond motifs is 2. The van der Waals surface area contributed by atoms with E-state index in [2.05, 4.69) is 16.3 Å². The second-order valence-corrected chi connectivity index (χ2v) is 5.02. The molecular formula is C12H10ClN3S. The number of nitrogens with zero attached hydrogens (tertiary/aromatic N) is 3. The maximum absolute atomic E-state index is 6.00. The van der Waals surface area contributed by atoms with Crippen molar-refractivity contribution in [2.45, 2.75) is 11.6 Å². The Kier molecular flexibility index (Phi) is 2.68. The van der Waals surface area contributed by atoms with Crippen molar-refractivity contribution in [1.29, 1.82) is 0 Å². The third-order valence-corrected chi connectivity index (χ3v) is 3.66. The van der Waals surface area contributed by atoms with Crippen LogP contribution in [0.3, 0.4) is 0 Å². The smallest absolute Gasteiger partial charge is 0.195 e. The van der Waals surface area contributed by atoms with Crippen LogP contribution in [-0.2, 0) is 6.42 Å². The van der Waals surface area contributed by atoms with Gasteiger partial charge in [-0.25, -0.2) is 0 Å². The van der Waals surface area contributed by atoms with Crippen LogP contribution in [0.15, 0.2) is 23.4 Å². The lowest BCUT2D eigenvalue weighted by atomic mass is 10.1. The van der Waals surface area contributed by atoms with Gasteiger partial charge in [0.1, 0.15) is 5.82 Å². The van der Waals surface area contributed by atoms with Gasteiger partial charge in [-0.3, -0.25) is 4.57 Å². The molecule has 1 aromatic carbocycles. The molecule has 3 rings (SSSR count). The van der Waals surface area contributed by atoms with Crippen LogP contribution < -0.4 is 0 Å². The molecule has 0 bridgehead atoms. The normalized spacial score (nSPS) is 13.1. The van der Waals surface area contributed by atoms with E-state index in [4.69, 9.17) is 11.6 Å². The molecule has 0 aliphatic carbocycles. The summed E-state index contributed by atoms with van der Waals surface area (Å²) in [4.78, 5) is 0. The minimum Gasteiger partial charge on any atom is -0.281 e. The van der Waals surface area contributed by atoms with Crippen molar-refractivity contribution in [2.75, 3.05) is 6.26 Å². The van der Waals surface area contributed by atoms with Gasteiger partial charge >= 0.3 is 0 Å². The fourth-order valence-electron chi connectivity index (χ4n) is 1.92. The number of halogens is 1. The molecule has 1 aliphatic rings. The molecule has 0 saturated heterocycles. The topological polar surface area (TPSA) is 30.7 Å². The Balaban J connectivity index is 2.13. The molecule has 1 aromatic heterocycles. The van der Waals surface area contributed by atoms with Crippen LogP contribution in [0.1, 0.15) is 17.0 Å². The molecule has 86 valence electrons. The van der Waals surface area contributed by atoms with Gasteiger partial charge in [-0.05, 0) is 35.6 Å². The van der Waals surface area contributed by atoms with Crippen molar-refractivity contribution in [1.82, 2.24) is 14.8 Å². The van der Waals surface area contributed by atoms with Crippen LogP contribution in [0.5, 0.6) is 0 Å². The van der Waals surface area contributed by atoms with Crippen molar-refractivity contribution >= 4 is 35.6 Å². The van der Waals surface area contributed by atoms with Crippen molar-refractivity contribution in [3.63, 3.8) is 0 Å². The van der Waals surface area contributed by atoms with E-state index in [9.17, 15) is 0 Å². The zero-order chi connectivity index (χ0) is 11.8. The minimum absolute atomic E-state index is 0.760. The standard InChI is InChI=1S/C12H10ClN3S/c1-17-12-15-14-11-7-8-2-3-10(13)6-9(8)4-5-16(11)12/h2-6H,7H2,1H3.